The minimum atomic E-state index is -0.851. The Bertz CT molecular complexity index is 703. The van der Waals surface area contributed by atoms with Crippen molar-refractivity contribution in [3.63, 3.8) is 0 Å². The number of likely N-dealkylation sites (tertiary alicyclic amines) is 1. The van der Waals surface area contributed by atoms with Crippen molar-refractivity contribution < 1.29 is 9.90 Å². The summed E-state index contributed by atoms with van der Waals surface area (Å²) in [4.78, 5) is 16.4. The van der Waals surface area contributed by atoms with E-state index < -0.39 is 5.60 Å². The van der Waals surface area contributed by atoms with Crippen LogP contribution in [-0.4, -0.2) is 57.5 Å². The molecule has 24 heavy (non-hydrogen) atoms. The highest BCUT2D eigenvalue weighted by Crippen LogP contribution is 2.24. The highest BCUT2D eigenvalue weighted by atomic mass is 32.1. The molecule has 6 heteroatoms. The van der Waals surface area contributed by atoms with E-state index in [9.17, 15) is 9.90 Å². The summed E-state index contributed by atoms with van der Waals surface area (Å²) in [6, 6.07) is 10.3. The number of carbonyl (C=O) groups excluding carboxylic acids is 1. The lowest BCUT2D eigenvalue weighted by Crippen LogP contribution is -2.45. The number of hydrogen-bond acceptors (Lipinski definition) is 5. The van der Waals surface area contributed by atoms with Gasteiger partial charge in [-0.25, -0.2) is 0 Å². The van der Waals surface area contributed by atoms with Crippen molar-refractivity contribution in [2.24, 2.45) is 0 Å². The summed E-state index contributed by atoms with van der Waals surface area (Å²) < 4.78 is 4.15. The Balaban J connectivity index is 1.59. The van der Waals surface area contributed by atoms with Crippen LogP contribution in [0.15, 0.2) is 35.7 Å². The number of benzene rings is 1. The maximum Gasteiger partial charge on any atom is 0.256 e. The molecule has 5 nitrogen and oxygen atoms in total. The second-order valence-electron chi connectivity index (χ2n) is 6.65. The van der Waals surface area contributed by atoms with E-state index in [4.69, 9.17) is 0 Å². The van der Waals surface area contributed by atoms with E-state index in [2.05, 4.69) is 21.4 Å². The molecule has 1 aliphatic heterocycles. The first-order valence-electron chi connectivity index (χ1n) is 8.12. The van der Waals surface area contributed by atoms with Crippen LogP contribution in [0.1, 0.15) is 28.0 Å². The van der Waals surface area contributed by atoms with Crippen LogP contribution in [0.4, 0.5) is 0 Å². The molecule has 0 bridgehead atoms. The molecular formula is C18H23N3O2S. The predicted molar refractivity (Wildman–Crippen MR) is 95.1 cm³/mol. The van der Waals surface area contributed by atoms with Gasteiger partial charge in [-0.2, -0.15) is 4.37 Å². The van der Waals surface area contributed by atoms with E-state index in [-0.39, 0.29) is 5.91 Å². The fraction of sp³-hybridized carbons (Fsp3) is 0.444. The first-order chi connectivity index (χ1) is 11.5. The Morgan fingerprint density at radius 1 is 1.42 bits per heavy atom. The summed E-state index contributed by atoms with van der Waals surface area (Å²) >= 11 is 1.29. The Hall–Kier alpha value is -1.76. The predicted octanol–water partition coefficient (Wildman–Crippen LogP) is 2.16. The number of hydrogen-bond donors (Lipinski definition) is 1. The topological polar surface area (TPSA) is 56.7 Å². The Morgan fingerprint density at radius 3 is 2.83 bits per heavy atom. The SMILES string of the molecule is Cc1nscc1C(=O)N(C)CC1(O)CCN(Cc2ccccc2)C1. The molecule has 2 aromatic rings. The molecule has 3 rings (SSSR count). The molecule has 0 radical (unpaired) electrons. The third-order valence-corrected chi connectivity index (χ3v) is 5.24. The number of aromatic nitrogens is 1. The smallest absolute Gasteiger partial charge is 0.256 e. The van der Waals surface area contributed by atoms with Gasteiger partial charge in [0, 0.05) is 32.1 Å². The average molecular weight is 345 g/mol. The van der Waals surface area contributed by atoms with E-state index in [0.29, 0.717) is 25.1 Å². The summed E-state index contributed by atoms with van der Waals surface area (Å²) in [5.74, 6) is -0.0730. The lowest BCUT2D eigenvalue weighted by molar-refractivity contribution is 0.0170. The minimum absolute atomic E-state index is 0.0730. The number of nitrogens with zero attached hydrogens (tertiary/aromatic N) is 3. The van der Waals surface area contributed by atoms with Crippen LogP contribution in [0, 0.1) is 6.92 Å². The van der Waals surface area contributed by atoms with E-state index in [1.807, 2.05) is 25.1 Å². The molecule has 0 saturated carbocycles. The van der Waals surface area contributed by atoms with Crippen molar-refractivity contribution in [3.8, 4) is 0 Å². The molecule has 1 aromatic heterocycles. The standard InChI is InChI=1S/C18H23N3O2S/c1-14-16(11-24-19-14)17(22)20(2)12-18(23)8-9-21(13-18)10-15-6-4-3-5-7-15/h3-7,11,23H,8-10,12-13H2,1-2H3. The average Bonchev–Trinajstić information content (AvgIpc) is 3.13. The number of likely N-dealkylation sites (N-methyl/N-ethyl adjacent to an activating group) is 1. The Morgan fingerprint density at radius 2 is 2.17 bits per heavy atom. The third-order valence-electron chi connectivity index (χ3n) is 4.52. The van der Waals surface area contributed by atoms with Crippen molar-refractivity contribution >= 4 is 17.4 Å². The van der Waals surface area contributed by atoms with Crippen LogP contribution < -0.4 is 0 Å². The van der Waals surface area contributed by atoms with Gasteiger partial charge >= 0.3 is 0 Å². The fourth-order valence-corrected chi connectivity index (χ4v) is 3.95. The third kappa shape index (κ3) is 3.83. The largest absolute Gasteiger partial charge is 0.387 e. The van der Waals surface area contributed by atoms with E-state index in [1.54, 1.807) is 17.3 Å². The number of β-amino-alcohol motifs (C(OH)–C–C–N with tert-alkyl or cyclic N) is 1. The second kappa shape index (κ2) is 7.01. The summed E-state index contributed by atoms with van der Waals surface area (Å²) in [6.07, 6.45) is 0.679. The number of rotatable bonds is 5. The molecule has 1 amide bonds. The number of aliphatic hydroxyl groups is 1. The van der Waals surface area contributed by atoms with Gasteiger partial charge in [0.15, 0.2) is 0 Å². The molecule has 1 fully saturated rings. The lowest BCUT2D eigenvalue weighted by atomic mass is 10.0. The van der Waals surface area contributed by atoms with Crippen LogP contribution in [0.5, 0.6) is 0 Å². The van der Waals surface area contributed by atoms with Crippen LogP contribution in [0.3, 0.4) is 0 Å². The van der Waals surface area contributed by atoms with Gasteiger partial charge in [-0.1, -0.05) is 30.3 Å². The first-order valence-corrected chi connectivity index (χ1v) is 8.96. The summed E-state index contributed by atoms with van der Waals surface area (Å²) in [6.45, 7) is 4.43. The molecule has 128 valence electrons. The van der Waals surface area contributed by atoms with Gasteiger partial charge in [0.1, 0.15) is 0 Å². The van der Waals surface area contributed by atoms with Crippen molar-refractivity contribution in [1.29, 1.82) is 0 Å². The van der Waals surface area contributed by atoms with E-state index in [0.717, 1.165) is 18.8 Å². The highest BCUT2D eigenvalue weighted by Gasteiger charge is 2.38. The first kappa shape index (κ1) is 17.1. The molecule has 2 heterocycles. The summed E-state index contributed by atoms with van der Waals surface area (Å²) in [5, 5.41) is 12.6. The van der Waals surface area contributed by atoms with Crippen LogP contribution in [0.25, 0.3) is 0 Å². The quantitative estimate of drug-likeness (QED) is 0.902. The summed E-state index contributed by atoms with van der Waals surface area (Å²) in [7, 11) is 1.75. The van der Waals surface area contributed by atoms with Gasteiger partial charge in [0.05, 0.1) is 23.4 Å². The second-order valence-corrected chi connectivity index (χ2v) is 7.27. The van der Waals surface area contributed by atoms with Gasteiger partial charge in [0.2, 0.25) is 0 Å². The molecular weight excluding hydrogens is 322 g/mol. The zero-order valence-electron chi connectivity index (χ0n) is 14.1. The van der Waals surface area contributed by atoms with Gasteiger partial charge in [-0.05, 0) is 30.4 Å². The Labute approximate surface area is 146 Å². The molecule has 1 atom stereocenters. The number of amides is 1. The van der Waals surface area contributed by atoms with Crippen LogP contribution in [-0.2, 0) is 6.54 Å². The highest BCUT2D eigenvalue weighted by molar-refractivity contribution is 7.03. The minimum Gasteiger partial charge on any atom is -0.387 e. The maximum absolute atomic E-state index is 12.5. The normalized spacial score (nSPS) is 21.1. The summed E-state index contributed by atoms with van der Waals surface area (Å²) in [5.41, 5.74) is 1.77. The van der Waals surface area contributed by atoms with Crippen molar-refractivity contribution in [2.45, 2.75) is 25.5 Å². The van der Waals surface area contributed by atoms with E-state index in [1.165, 1.54) is 17.1 Å². The van der Waals surface area contributed by atoms with Crippen molar-refractivity contribution in [3.05, 3.63) is 52.5 Å². The van der Waals surface area contributed by atoms with Gasteiger partial charge in [-0.3, -0.25) is 9.69 Å². The number of aryl methyl sites for hydroxylation is 1. The monoisotopic (exact) mass is 345 g/mol. The number of carbonyl (C=O) groups is 1. The molecule has 1 aromatic carbocycles. The fourth-order valence-electron chi connectivity index (χ4n) is 3.26. The maximum atomic E-state index is 12.5. The van der Waals surface area contributed by atoms with Gasteiger partial charge in [-0.15, -0.1) is 0 Å². The molecule has 1 N–H and O–H groups in total. The molecule has 1 aliphatic rings. The van der Waals surface area contributed by atoms with Crippen LogP contribution >= 0.6 is 11.5 Å². The van der Waals surface area contributed by atoms with Crippen LogP contribution in [0.2, 0.25) is 0 Å². The van der Waals surface area contributed by atoms with Gasteiger partial charge < -0.3 is 10.0 Å². The Kier molecular flexibility index (Phi) is 4.99. The molecule has 0 spiro atoms. The lowest BCUT2D eigenvalue weighted by Gasteiger charge is -2.29. The molecule has 0 aliphatic carbocycles. The molecule has 1 saturated heterocycles. The molecule has 1 unspecified atom stereocenters. The zero-order chi connectivity index (χ0) is 17.2. The van der Waals surface area contributed by atoms with Crippen molar-refractivity contribution in [2.75, 3.05) is 26.7 Å². The van der Waals surface area contributed by atoms with Crippen molar-refractivity contribution in [1.82, 2.24) is 14.2 Å². The van der Waals surface area contributed by atoms with Gasteiger partial charge in [0.25, 0.3) is 5.91 Å². The zero-order valence-corrected chi connectivity index (χ0v) is 14.9. The van der Waals surface area contributed by atoms with E-state index >= 15 is 0 Å².